The molecule has 2 heterocycles. The third-order valence-electron chi connectivity index (χ3n) is 3.55. The molecule has 0 fully saturated rings. The zero-order chi connectivity index (χ0) is 16.2. The number of rotatable bonds is 4. The van der Waals surface area contributed by atoms with Gasteiger partial charge in [-0.1, -0.05) is 35.9 Å². The van der Waals surface area contributed by atoms with E-state index >= 15 is 0 Å². The van der Waals surface area contributed by atoms with Gasteiger partial charge in [0.05, 0.1) is 17.9 Å². The molecule has 0 bridgehead atoms. The lowest BCUT2D eigenvalue weighted by Crippen LogP contribution is -2.23. The lowest BCUT2D eigenvalue weighted by molar-refractivity contribution is 0.0945. The smallest absolute Gasteiger partial charge is 0.269 e. The summed E-state index contributed by atoms with van der Waals surface area (Å²) in [6.07, 6.45) is 0. The normalized spacial score (nSPS) is 10.5. The van der Waals surface area contributed by atoms with Crippen LogP contribution in [0.5, 0.6) is 0 Å². The summed E-state index contributed by atoms with van der Waals surface area (Å²) in [6.45, 7) is 4.35. The van der Waals surface area contributed by atoms with E-state index in [1.54, 1.807) is 6.07 Å². The molecule has 3 aromatic rings. The van der Waals surface area contributed by atoms with Crippen molar-refractivity contribution in [1.82, 2.24) is 20.5 Å². The quantitative estimate of drug-likeness (QED) is 0.778. The molecule has 0 atom stereocenters. The fourth-order valence-electron chi connectivity index (χ4n) is 2.27. The molecule has 0 aliphatic rings. The lowest BCUT2D eigenvalue weighted by atomic mass is 10.1. The number of nitrogens with zero attached hydrogens (tertiary/aromatic N) is 2. The van der Waals surface area contributed by atoms with Crippen molar-refractivity contribution in [3.05, 3.63) is 71.2 Å². The largest absolute Gasteiger partial charge is 0.345 e. The number of aryl methyl sites for hydroxylation is 2. The maximum absolute atomic E-state index is 12.2. The minimum atomic E-state index is -0.195. The molecule has 0 spiro atoms. The summed E-state index contributed by atoms with van der Waals surface area (Å²) in [4.78, 5) is 16.6. The van der Waals surface area contributed by atoms with Gasteiger partial charge in [0.15, 0.2) is 0 Å². The van der Waals surface area contributed by atoms with E-state index in [9.17, 15) is 4.79 Å². The number of hydrogen-bond donors (Lipinski definition) is 2. The van der Waals surface area contributed by atoms with Gasteiger partial charge in [-0.2, -0.15) is 5.10 Å². The van der Waals surface area contributed by atoms with Gasteiger partial charge < -0.3 is 5.32 Å². The topological polar surface area (TPSA) is 70.7 Å². The average molecular weight is 306 g/mol. The van der Waals surface area contributed by atoms with Crippen molar-refractivity contribution in [2.75, 3.05) is 0 Å². The van der Waals surface area contributed by atoms with E-state index in [-0.39, 0.29) is 5.91 Å². The molecular formula is C18H18N4O. The maximum atomic E-state index is 12.2. The van der Waals surface area contributed by atoms with Crippen molar-refractivity contribution in [3.63, 3.8) is 0 Å². The van der Waals surface area contributed by atoms with Crippen molar-refractivity contribution in [1.29, 1.82) is 0 Å². The summed E-state index contributed by atoms with van der Waals surface area (Å²) < 4.78 is 0. The highest BCUT2D eigenvalue weighted by Crippen LogP contribution is 2.18. The van der Waals surface area contributed by atoms with Gasteiger partial charge in [-0.3, -0.25) is 14.9 Å². The first-order valence-electron chi connectivity index (χ1n) is 7.45. The average Bonchev–Trinajstić information content (AvgIpc) is 3.03. The fraction of sp³-hybridized carbons (Fsp3) is 0.167. The van der Waals surface area contributed by atoms with E-state index in [0.29, 0.717) is 12.2 Å². The Kier molecular flexibility index (Phi) is 4.19. The van der Waals surface area contributed by atoms with Crippen molar-refractivity contribution in [2.24, 2.45) is 0 Å². The van der Waals surface area contributed by atoms with Gasteiger partial charge in [0, 0.05) is 11.3 Å². The summed E-state index contributed by atoms with van der Waals surface area (Å²) >= 11 is 0. The summed E-state index contributed by atoms with van der Waals surface area (Å²) in [6, 6.07) is 15.5. The van der Waals surface area contributed by atoms with Crippen LogP contribution in [0.15, 0.2) is 48.5 Å². The molecule has 0 saturated heterocycles. The first kappa shape index (κ1) is 15.0. The molecule has 1 amide bonds. The Hall–Kier alpha value is -2.95. The number of nitrogens with one attached hydrogen (secondary N) is 2. The molecule has 116 valence electrons. The van der Waals surface area contributed by atoms with Gasteiger partial charge in [0.25, 0.3) is 5.91 Å². The van der Waals surface area contributed by atoms with Crippen LogP contribution in [0.1, 0.15) is 27.4 Å². The minimum absolute atomic E-state index is 0.195. The highest BCUT2D eigenvalue weighted by molar-refractivity contribution is 5.93. The molecule has 3 rings (SSSR count). The Morgan fingerprint density at radius 2 is 1.91 bits per heavy atom. The number of carbonyl (C=O) groups excluding carboxylic acids is 1. The SMILES string of the molecule is Cc1ccc(-c2cc(C(=O)NCc3cccc(C)n3)[nH]n2)cc1. The number of pyridine rings is 1. The second-order valence-electron chi connectivity index (χ2n) is 5.49. The van der Waals surface area contributed by atoms with Crippen LogP contribution in [0, 0.1) is 13.8 Å². The van der Waals surface area contributed by atoms with Gasteiger partial charge >= 0.3 is 0 Å². The molecule has 5 nitrogen and oxygen atoms in total. The van der Waals surface area contributed by atoms with Gasteiger partial charge in [0.2, 0.25) is 0 Å². The molecule has 2 N–H and O–H groups in total. The monoisotopic (exact) mass is 306 g/mol. The number of aromatic amines is 1. The summed E-state index contributed by atoms with van der Waals surface area (Å²) in [5.74, 6) is -0.195. The molecule has 0 unspecified atom stereocenters. The van der Waals surface area contributed by atoms with E-state index < -0.39 is 0 Å². The first-order valence-corrected chi connectivity index (χ1v) is 7.45. The molecule has 1 aromatic carbocycles. The summed E-state index contributed by atoms with van der Waals surface area (Å²) in [7, 11) is 0. The van der Waals surface area contributed by atoms with Gasteiger partial charge in [0.1, 0.15) is 5.69 Å². The number of H-pyrrole nitrogens is 1. The van der Waals surface area contributed by atoms with Crippen LogP contribution < -0.4 is 5.32 Å². The predicted octanol–water partition coefficient (Wildman–Crippen LogP) is 3.02. The van der Waals surface area contributed by atoms with Crippen LogP contribution in [-0.4, -0.2) is 21.1 Å². The van der Waals surface area contributed by atoms with E-state index in [1.165, 1.54) is 5.56 Å². The van der Waals surface area contributed by atoms with Gasteiger partial charge in [-0.05, 0) is 32.0 Å². The molecule has 2 aromatic heterocycles. The van der Waals surface area contributed by atoms with E-state index in [0.717, 1.165) is 22.6 Å². The number of benzene rings is 1. The third kappa shape index (κ3) is 3.63. The number of aromatic nitrogens is 3. The minimum Gasteiger partial charge on any atom is -0.345 e. The summed E-state index contributed by atoms with van der Waals surface area (Å²) in [5, 5.41) is 9.83. The second kappa shape index (κ2) is 6.44. The Labute approximate surface area is 134 Å². The van der Waals surface area contributed by atoms with E-state index in [1.807, 2.05) is 56.3 Å². The number of hydrogen-bond acceptors (Lipinski definition) is 3. The standard InChI is InChI=1S/C18H18N4O/c1-12-6-8-14(9-7-12)16-10-17(22-21-16)18(23)19-11-15-5-3-4-13(2)20-15/h3-10H,11H2,1-2H3,(H,19,23)(H,21,22). The molecular weight excluding hydrogens is 288 g/mol. The Balaban J connectivity index is 1.67. The highest BCUT2D eigenvalue weighted by atomic mass is 16.1. The third-order valence-corrected chi connectivity index (χ3v) is 3.55. The Bertz CT molecular complexity index is 821. The Morgan fingerprint density at radius 3 is 2.65 bits per heavy atom. The van der Waals surface area contributed by atoms with Crippen LogP contribution in [0.25, 0.3) is 11.3 Å². The lowest BCUT2D eigenvalue weighted by Gasteiger charge is -2.03. The van der Waals surface area contributed by atoms with E-state index in [4.69, 9.17) is 0 Å². The zero-order valence-corrected chi connectivity index (χ0v) is 13.1. The van der Waals surface area contributed by atoms with Gasteiger partial charge in [-0.25, -0.2) is 0 Å². The Morgan fingerprint density at radius 1 is 1.13 bits per heavy atom. The molecule has 23 heavy (non-hydrogen) atoms. The zero-order valence-electron chi connectivity index (χ0n) is 13.1. The molecule has 5 heteroatoms. The van der Waals surface area contributed by atoms with Crippen molar-refractivity contribution in [2.45, 2.75) is 20.4 Å². The highest BCUT2D eigenvalue weighted by Gasteiger charge is 2.11. The summed E-state index contributed by atoms with van der Waals surface area (Å²) in [5.41, 5.74) is 5.12. The number of carbonyl (C=O) groups is 1. The van der Waals surface area contributed by atoms with Gasteiger partial charge in [-0.15, -0.1) is 0 Å². The van der Waals surface area contributed by atoms with E-state index in [2.05, 4.69) is 20.5 Å². The van der Waals surface area contributed by atoms with Crippen LogP contribution in [0.3, 0.4) is 0 Å². The van der Waals surface area contributed by atoms with Crippen LogP contribution in [-0.2, 0) is 6.54 Å². The fourth-order valence-corrected chi connectivity index (χ4v) is 2.27. The van der Waals surface area contributed by atoms with Crippen LogP contribution in [0.2, 0.25) is 0 Å². The van der Waals surface area contributed by atoms with Crippen molar-refractivity contribution < 1.29 is 4.79 Å². The van der Waals surface area contributed by atoms with Crippen molar-refractivity contribution >= 4 is 5.91 Å². The van der Waals surface area contributed by atoms with Crippen LogP contribution >= 0.6 is 0 Å². The predicted molar refractivity (Wildman–Crippen MR) is 88.9 cm³/mol. The first-order chi connectivity index (χ1) is 11.1. The molecule has 0 saturated carbocycles. The second-order valence-corrected chi connectivity index (χ2v) is 5.49. The number of amides is 1. The van der Waals surface area contributed by atoms with Crippen molar-refractivity contribution in [3.8, 4) is 11.3 Å². The van der Waals surface area contributed by atoms with Crippen LogP contribution in [0.4, 0.5) is 0 Å². The molecule has 0 aliphatic heterocycles. The molecule has 0 radical (unpaired) electrons. The molecule has 0 aliphatic carbocycles. The maximum Gasteiger partial charge on any atom is 0.269 e.